The van der Waals surface area contributed by atoms with Gasteiger partial charge in [-0.3, -0.25) is 9.59 Å². The number of nitrogens with zero attached hydrogens (tertiary/aromatic N) is 2. The normalized spacial score (nSPS) is 16.8. The Morgan fingerprint density at radius 2 is 2.03 bits per heavy atom. The number of piperidine rings is 1. The van der Waals surface area contributed by atoms with E-state index in [1.807, 2.05) is 42.5 Å². The molecule has 1 aliphatic rings. The number of hydrogen-bond donors (Lipinski definition) is 2. The average molecular weight is 435 g/mol. The first kappa shape index (κ1) is 22.2. The molecule has 1 aromatic heterocycles. The summed E-state index contributed by atoms with van der Waals surface area (Å²) in [6.45, 7) is 3.11. The van der Waals surface area contributed by atoms with E-state index >= 15 is 0 Å². The number of amides is 1. The highest BCUT2D eigenvalue weighted by Crippen LogP contribution is 2.26. The van der Waals surface area contributed by atoms with Gasteiger partial charge in [0.1, 0.15) is 0 Å². The molecule has 0 bridgehead atoms. The lowest BCUT2D eigenvalue weighted by atomic mass is 10.0. The van der Waals surface area contributed by atoms with Gasteiger partial charge in [-0.15, -0.1) is 0 Å². The van der Waals surface area contributed by atoms with Crippen LogP contribution in [0, 0.1) is 0 Å². The molecule has 1 amide bonds. The van der Waals surface area contributed by atoms with Gasteiger partial charge in [-0.1, -0.05) is 30.3 Å². The molecule has 4 rings (SSSR count). The predicted octanol–water partition coefficient (Wildman–Crippen LogP) is 3.81. The third-order valence-electron chi connectivity index (χ3n) is 6.04. The first-order chi connectivity index (χ1) is 15.6. The molecule has 7 nitrogen and oxygen atoms in total. The van der Waals surface area contributed by atoms with Crippen molar-refractivity contribution in [3.8, 4) is 11.3 Å². The van der Waals surface area contributed by atoms with Crippen LogP contribution in [-0.2, 0) is 9.53 Å². The number of rotatable bonds is 8. The van der Waals surface area contributed by atoms with Crippen molar-refractivity contribution in [3.63, 3.8) is 0 Å². The second kappa shape index (κ2) is 10.5. The lowest BCUT2D eigenvalue weighted by Gasteiger charge is -2.31. The van der Waals surface area contributed by atoms with Crippen molar-refractivity contribution < 1.29 is 9.53 Å². The minimum atomic E-state index is -0.212. The van der Waals surface area contributed by atoms with Crippen molar-refractivity contribution in [2.24, 2.45) is 0 Å². The number of nitrogens with one attached hydrogen (secondary N) is 2. The van der Waals surface area contributed by atoms with Gasteiger partial charge >= 0.3 is 0 Å². The summed E-state index contributed by atoms with van der Waals surface area (Å²) in [6.07, 6.45) is 5.00. The van der Waals surface area contributed by atoms with Gasteiger partial charge in [0, 0.05) is 36.7 Å². The molecular weight excluding hydrogens is 404 g/mol. The molecule has 2 aromatic carbocycles. The number of aromatic amines is 1. The molecule has 2 N–H and O–H groups in total. The van der Waals surface area contributed by atoms with E-state index in [-0.39, 0.29) is 11.5 Å². The number of benzene rings is 2. The first-order valence-corrected chi connectivity index (χ1v) is 11.3. The Balaban J connectivity index is 1.33. The van der Waals surface area contributed by atoms with E-state index in [4.69, 9.17) is 4.74 Å². The van der Waals surface area contributed by atoms with Crippen LogP contribution in [0.5, 0.6) is 0 Å². The van der Waals surface area contributed by atoms with E-state index in [0.29, 0.717) is 23.6 Å². The summed E-state index contributed by atoms with van der Waals surface area (Å²) in [4.78, 5) is 26.9. The van der Waals surface area contributed by atoms with Crippen molar-refractivity contribution in [1.82, 2.24) is 15.1 Å². The third-order valence-corrected chi connectivity index (χ3v) is 6.04. The maximum Gasteiger partial charge on any atom is 0.272 e. The fourth-order valence-electron chi connectivity index (χ4n) is 4.33. The molecule has 1 saturated heterocycles. The van der Waals surface area contributed by atoms with Crippen molar-refractivity contribution in [2.75, 3.05) is 32.1 Å². The Hall–Kier alpha value is -3.03. The van der Waals surface area contributed by atoms with Crippen molar-refractivity contribution in [3.05, 3.63) is 58.9 Å². The summed E-state index contributed by atoms with van der Waals surface area (Å²) in [5.41, 5.74) is 2.04. The Kier molecular flexibility index (Phi) is 7.29. The van der Waals surface area contributed by atoms with Crippen LogP contribution in [0.25, 0.3) is 22.0 Å². The van der Waals surface area contributed by atoms with Crippen LogP contribution in [0.3, 0.4) is 0 Å². The molecule has 1 fully saturated rings. The fraction of sp³-hybridized carbons (Fsp3) is 0.400. The Morgan fingerprint density at radius 1 is 1.19 bits per heavy atom. The first-order valence-electron chi connectivity index (χ1n) is 11.3. The molecule has 32 heavy (non-hydrogen) atoms. The van der Waals surface area contributed by atoms with Gasteiger partial charge in [-0.2, -0.15) is 5.10 Å². The number of H-pyrrole nitrogens is 1. The van der Waals surface area contributed by atoms with E-state index in [2.05, 4.69) is 20.4 Å². The quantitative estimate of drug-likeness (QED) is 0.527. The molecule has 0 saturated carbocycles. The van der Waals surface area contributed by atoms with Crippen molar-refractivity contribution >= 4 is 22.4 Å². The molecule has 3 aromatic rings. The number of likely N-dealkylation sites (tertiary alicyclic amines) is 1. The van der Waals surface area contributed by atoms with E-state index in [0.717, 1.165) is 55.5 Å². The van der Waals surface area contributed by atoms with Crippen LogP contribution in [0.2, 0.25) is 0 Å². The number of methoxy groups -OCH3 is 1. The van der Waals surface area contributed by atoms with Gasteiger partial charge in [0.2, 0.25) is 5.91 Å². The van der Waals surface area contributed by atoms with Gasteiger partial charge in [0.05, 0.1) is 17.2 Å². The van der Waals surface area contributed by atoms with Gasteiger partial charge in [0.15, 0.2) is 0 Å². The molecule has 1 atom stereocenters. The number of fused-ring (bicyclic) bond motifs is 1. The Morgan fingerprint density at radius 3 is 2.88 bits per heavy atom. The molecular formula is C25H30N4O3. The molecule has 0 unspecified atom stereocenters. The summed E-state index contributed by atoms with van der Waals surface area (Å²) in [5.74, 6) is 0.00912. The minimum absolute atomic E-state index is 0.00912. The van der Waals surface area contributed by atoms with Gasteiger partial charge in [-0.05, 0) is 57.0 Å². The molecule has 0 aliphatic carbocycles. The summed E-state index contributed by atoms with van der Waals surface area (Å²) < 4.78 is 5.48. The zero-order valence-corrected chi connectivity index (χ0v) is 18.5. The Labute approximate surface area is 187 Å². The lowest BCUT2D eigenvalue weighted by molar-refractivity contribution is -0.116. The number of hydrogen-bond acceptors (Lipinski definition) is 5. The zero-order valence-electron chi connectivity index (χ0n) is 18.5. The van der Waals surface area contributed by atoms with Crippen LogP contribution in [0.15, 0.2) is 53.3 Å². The van der Waals surface area contributed by atoms with Crippen LogP contribution in [-0.4, -0.2) is 53.9 Å². The van der Waals surface area contributed by atoms with Gasteiger partial charge in [-0.25, -0.2) is 5.10 Å². The van der Waals surface area contributed by atoms with Crippen molar-refractivity contribution in [1.29, 1.82) is 0 Å². The number of carbonyl (C=O) groups excluding carboxylic acids is 1. The highest BCUT2D eigenvalue weighted by atomic mass is 16.5. The number of unbranched alkanes of at least 4 members (excludes halogenated alkanes) is 1. The van der Waals surface area contributed by atoms with E-state index in [1.54, 1.807) is 13.2 Å². The third kappa shape index (κ3) is 5.41. The standard InChI is InChI=1S/C25H30N4O3/c1-32-20-10-7-15-29(17-20)14-5-4-13-23(30)26-19-9-6-8-18(16-19)24-21-11-2-3-12-22(21)25(31)28-27-24/h2-3,6,8-9,11-12,16,20H,4-5,7,10,13-15,17H2,1H3,(H,26,30)(H,28,31)/t20-/m0/s1. The maximum absolute atomic E-state index is 12.5. The topological polar surface area (TPSA) is 87.3 Å². The van der Waals surface area contributed by atoms with Crippen LogP contribution in [0.4, 0.5) is 5.69 Å². The summed E-state index contributed by atoms with van der Waals surface area (Å²) in [6, 6.07) is 15.0. The number of ether oxygens (including phenoxy) is 1. The molecule has 0 radical (unpaired) electrons. The predicted molar refractivity (Wildman–Crippen MR) is 127 cm³/mol. The van der Waals surface area contributed by atoms with E-state index < -0.39 is 0 Å². The monoisotopic (exact) mass is 434 g/mol. The number of carbonyl (C=O) groups is 1. The zero-order chi connectivity index (χ0) is 22.3. The van der Waals surface area contributed by atoms with Crippen LogP contribution >= 0.6 is 0 Å². The Bertz CT molecular complexity index is 1130. The average Bonchev–Trinajstić information content (AvgIpc) is 2.82. The summed E-state index contributed by atoms with van der Waals surface area (Å²) >= 11 is 0. The summed E-state index contributed by atoms with van der Waals surface area (Å²) in [5, 5.41) is 11.2. The summed E-state index contributed by atoms with van der Waals surface area (Å²) in [7, 11) is 1.78. The highest BCUT2D eigenvalue weighted by molar-refractivity contribution is 5.95. The number of aromatic nitrogens is 2. The minimum Gasteiger partial charge on any atom is -0.380 e. The fourth-order valence-corrected chi connectivity index (χ4v) is 4.33. The largest absolute Gasteiger partial charge is 0.380 e. The smallest absolute Gasteiger partial charge is 0.272 e. The molecule has 1 aliphatic heterocycles. The second-order valence-corrected chi connectivity index (χ2v) is 8.33. The van der Waals surface area contributed by atoms with E-state index in [1.165, 1.54) is 6.42 Å². The molecule has 2 heterocycles. The van der Waals surface area contributed by atoms with Crippen molar-refractivity contribution in [2.45, 2.75) is 38.2 Å². The highest BCUT2D eigenvalue weighted by Gasteiger charge is 2.18. The molecule has 7 heteroatoms. The van der Waals surface area contributed by atoms with Crippen LogP contribution in [0.1, 0.15) is 32.1 Å². The molecule has 168 valence electrons. The maximum atomic E-state index is 12.5. The van der Waals surface area contributed by atoms with E-state index in [9.17, 15) is 9.59 Å². The lowest BCUT2D eigenvalue weighted by Crippen LogP contribution is -2.39. The van der Waals surface area contributed by atoms with Gasteiger partial charge < -0.3 is 15.0 Å². The number of anilines is 1. The van der Waals surface area contributed by atoms with Crippen LogP contribution < -0.4 is 10.9 Å². The van der Waals surface area contributed by atoms with Gasteiger partial charge in [0.25, 0.3) is 5.56 Å². The second-order valence-electron chi connectivity index (χ2n) is 8.33. The SMILES string of the molecule is CO[C@H]1CCCN(CCCCC(=O)Nc2cccc(-c3n[nH]c(=O)c4ccccc34)c2)C1. The molecule has 0 spiro atoms.